The summed E-state index contributed by atoms with van der Waals surface area (Å²) >= 11 is 0. The van der Waals surface area contributed by atoms with Crippen LogP contribution in [0.1, 0.15) is 55.7 Å². The van der Waals surface area contributed by atoms with E-state index < -0.39 is 5.97 Å². The molecule has 0 atom stereocenters. The van der Waals surface area contributed by atoms with Crippen LogP contribution < -0.4 is 9.47 Å². The van der Waals surface area contributed by atoms with Crippen molar-refractivity contribution in [2.45, 2.75) is 58.6 Å². The van der Waals surface area contributed by atoms with Gasteiger partial charge in [0.25, 0.3) is 0 Å². The van der Waals surface area contributed by atoms with Gasteiger partial charge in [0.2, 0.25) is 5.91 Å². The van der Waals surface area contributed by atoms with Crippen molar-refractivity contribution in [3.63, 3.8) is 0 Å². The molecule has 0 saturated carbocycles. The van der Waals surface area contributed by atoms with Crippen LogP contribution in [0.15, 0.2) is 78.9 Å². The standard InChI is InChI=1S/C34H41NO7/c1-3-40-30-19-15-29(16-20-30)26-42-34(38)12-8-24-41-31-17-13-28(14-18-31)25-35(32(36)21-22-33(37)39-2)23-7-11-27-9-5-4-6-10-27/h4-6,9-10,13-20H,3,7-8,11-12,21-26H2,1-2H3. The zero-order chi connectivity index (χ0) is 30.0. The lowest BCUT2D eigenvalue weighted by molar-refractivity contribution is -0.145. The molecule has 8 heteroatoms. The second-order valence-corrected chi connectivity index (χ2v) is 9.81. The molecule has 8 nitrogen and oxygen atoms in total. The van der Waals surface area contributed by atoms with Gasteiger partial charge in [-0.3, -0.25) is 14.4 Å². The molecule has 0 aliphatic heterocycles. The van der Waals surface area contributed by atoms with E-state index in [1.807, 2.05) is 73.7 Å². The lowest BCUT2D eigenvalue weighted by atomic mass is 10.1. The van der Waals surface area contributed by atoms with Gasteiger partial charge in [0.05, 0.1) is 26.7 Å². The first kappa shape index (κ1) is 32.2. The van der Waals surface area contributed by atoms with Gasteiger partial charge < -0.3 is 23.8 Å². The van der Waals surface area contributed by atoms with Crippen molar-refractivity contribution in [2.75, 3.05) is 26.9 Å². The molecule has 0 saturated heterocycles. The van der Waals surface area contributed by atoms with Gasteiger partial charge in [-0.25, -0.2) is 0 Å². The van der Waals surface area contributed by atoms with Crippen molar-refractivity contribution in [2.24, 2.45) is 0 Å². The Morgan fingerprint density at radius 1 is 0.690 bits per heavy atom. The number of ether oxygens (including phenoxy) is 4. The van der Waals surface area contributed by atoms with E-state index in [1.165, 1.54) is 12.7 Å². The van der Waals surface area contributed by atoms with Gasteiger partial charge >= 0.3 is 11.9 Å². The molecule has 3 rings (SSSR count). The number of nitrogens with zero attached hydrogens (tertiary/aromatic N) is 1. The minimum Gasteiger partial charge on any atom is -0.494 e. The van der Waals surface area contributed by atoms with Crippen LogP contribution in [0.25, 0.3) is 0 Å². The van der Waals surface area contributed by atoms with Crippen LogP contribution in [0.2, 0.25) is 0 Å². The van der Waals surface area contributed by atoms with Crippen LogP contribution >= 0.6 is 0 Å². The molecular formula is C34H41NO7. The topological polar surface area (TPSA) is 91.4 Å². The van der Waals surface area contributed by atoms with Crippen LogP contribution in [0, 0.1) is 0 Å². The second-order valence-electron chi connectivity index (χ2n) is 9.81. The lowest BCUT2D eigenvalue weighted by Crippen LogP contribution is -2.32. The molecule has 3 aromatic rings. The zero-order valence-corrected chi connectivity index (χ0v) is 24.6. The van der Waals surface area contributed by atoms with Crippen molar-refractivity contribution in [3.05, 3.63) is 95.6 Å². The number of amides is 1. The minimum atomic E-state index is -0.394. The van der Waals surface area contributed by atoms with Crippen LogP contribution in [-0.4, -0.2) is 49.6 Å². The number of methoxy groups -OCH3 is 1. The summed E-state index contributed by atoms with van der Waals surface area (Å²) in [5.41, 5.74) is 3.09. The fourth-order valence-corrected chi connectivity index (χ4v) is 4.28. The van der Waals surface area contributed by atoms with Gasteiger partial charge in [0, 0.05) is 25.9 Å². The zero-order valence-electron chi connectivity index (χ0n) is 24.6. The summed E-state index contributed by atoms with van der Waals surface area (Å²) in [6.07, 6.45) is 2.66. The summed E-state index contributed by atoms with van der Waals surface area (Å²) in [5, 5.41) is 0. The SMILES string of the molecule is CCOc1ccc(COC(=O)CCCOc2ccc(CN(CCCc3ccccc3)C(=O)CCC(=O)OC)cc2)cc1. The summed E-state index contributed by atoms with van der Waals surface area (Å²) in [5.74, 6) is 0.734. The first-order chi connectivity index (χ1) is 20.5. The number of aryl methyl sites for hydroxylation is 1. The monoisotopic (exact) mass is 575 g/mol. The van der Waals surface area contributed by atoms with Crippen molar-refractivity contribution in [3.8, 4) is 11.5 Å². The molecule has 0 fully saturated rings. The molecule has 1 amide bonds. The number of hydrogen-bond acceptors (Lipinski definition) is 7. The summed E-state index contributed by atoms with van der Waals surface area (Å²) < 4.78 is 21.3. The third kappa shape index (κ3) is 12.0. The number of benzene rings is 3. The number of hydrogen-bond donors (Lipinski definition) is 0. The van der Waals surface area contributed by atoms with Gasteiger partial charge in [-0.2, -0.15) is 0 Å². The minimum absolute atomic E-state index is 0.0619. The van der Waals surface area contributed by atoms with E-state index >= 15 is 0 Å². The highest BCUT2D eigenvalue weighted by molar-refractivity contribution is 5.81. The molecule has 0 heterocycles. The Labute approximate surface area is 248 Å². The Balaban J connectivity index is 1.41. The highest BCUT2D eigenvalue weighted by atomic mass is 16.5. The number of carbonyl (C=O) groups excluding carboxylic acids is 3. The fraction of sp³-hybridized carbons (Fsp3) is 0.382. The van der Waals surface area contributed by atoms with E-state index in [1.54, 1.807) is 4.90 Å². The Kier molecular flexibility index (Phi) is 13.9. The first-order valence-electron chi connectivity index (χ1n) is 14.4. The van der Waals surface area contributed by atoms with Gasteiger partial charge in [0.1, 0.15) is 18.1 Å². The molecule has 0 radical (unpaired) electrons. The predicted octanol–water partition coefficient (Wildman–Crippen LogP) is 5.90. The molecule has 0 N–H and O–H groups in total. The molecule has 0 aliphatic rings. The van der Waals surface area contributed by atoms with Crippen LogP contribution in [0.4, 0.5) is 0 Å². The highest BCUT2D eigenvalue weighted by Crippen LogP contribution is 2.17. The van der Waals surface area contributed by atoms with Gasteiger partial charge in [-0.15, -0.1) is 0 Å². The molecule has 224 valence electrons. The second kappa shape index (κ2) is 18.2. The molecule has 0 unspecified atom stereocenters. The van der Waals surface area contributed by atoms with E-state index in [0.717, 1.165) is 29.7 Å². The summed E-state index contributed by atoms with van der Waals surface area (Å²) in [6, 6.07) is 25.2. The Morgan fingerprint density at radius 3 is 2.02 bits per heavy atom. The Bertz CT molecular complexity index is 1230. The molecule has 0 bridgehead atoms. The van der Waals surface area contributed by atoms with E-state index in [0.29, 0.717) is 38.5 Å². The molecule has 42 heavy (non-hydrogen) atoms. The molecule has 3 aromatic carbocycles. The van der Waals surface area contributed by atoms with E-state index in [9.17, 15) is 14.4 Å². The normalized spacial score (nSPS) is 10.5. The van der Waals surface area contributed by atoms with Crippen LogP contribution in [0.3, 0.4) is 0 Å². The molecule has 0 aliphatic carbocycles. The van der Waals surface area contributed by atoms with E-state index in [2.05, 4.69) is 12.1 Å². The van der Waals surface area contributed by atoms with Crippen molar-refractivity contribution in [1.29, 1.82) is 0 Å². The number of esters is 2. The molecular weight excluding hydrogens is 534 g/mol. The summed E-state index contributed by atoms with van der Waals surface area (Å²) in [4.78, 5) is 38.4. The van der Waals surface area contributed by atoms with Crippen molar-refractivity contribution in [1.82, 2.24) is 4.90 Å². The average molecular weight is 576 g/mol. The highest BCUT2D eigenvalue weighted by Gasteiger charge is 2.16. The third-order valence-corrected chi connectivity index (χ3v) is 6.58. The van der Waals surface area contributed by atoms with Gasteiger partial charge in [-0.05, 0) is 67.1 Å². The van der Waals surface area contributed by atoms with Crippen molar-refractivity contribution >= 4 is 17.8 Å². The van der Waals surface area contributed by atoms with Crippen molar-refractivity contribution < 1.29 is 33.3 Å². The van der Waals surface area contributed by atoms with E-state index in [-0.39, 0.29) is 37.7 Å². The summed E-state index contributed by atoms with van der Waals surface area (Å²) in [6.45, 7) is 4.17. The van der Waals surface area contributed by atoms with Crippen LogP contribution in [0.5, 0.6) is 11.5 Å². The summed E-state index contributed by atoms with van der Waals surface area (Å²) in [7, 11) is 1.32. The quantitative estimate of drug-likeness (QED) is 0.138. The number of rotatable bonds is 18. The molecule has 0 spiro atoms. The Hall–Kier alpha value is -4.33. The maximum absolute atomic E-state index is 12.9. The Morgan fingerprint density at radius 2 is 1.36 bits per heavy atom. The third-order valence-electron chi connectivity index (χ3n) is 6.58. The lowest BCUT2D eigenvalue weighted by Gasteiger charge is -2.23. The molecule has 0 aromatic heterocycles. The van der Waals surface area contributed by atoms with Gasteiger partial charge in [0.15, 0.2) is 0 Å². The maximum Gasteiger partial charge on any atom is 0.306 e. The number of carbonyl (C=O) groups is 3. The largest absolute Gasteiger partial charge is 0.494 e. The van der Waals surface area contributed by atoms with Gasteiger partial charge in [-0.1, -0.05) is 54.6 Å². The maximum atomic E-state index is 12.9. The predicted molar refractivity (Wildman–Crippen MR) is 160 cm³/mol. The average Bonchev–Trinajstić information content (AvgIpc) is 3.02. The van der Waals surface area contributed by atoms with Crippen LogP contribution in [-0.2, 0) is 43.4 Å². The first-order valence-corrected chi connectivity index (χ1v) is 14.4. The fourth-order valence-electron chi connectivity index (χ4n) is 4.28. The smallest absolute Gasteiger partial charge is 0.306 e. The van der Waals surface area contributed by atoms with E-state index in [4.69, 9.17) is 18.9 Å².